The van der Waals surface area contributed by atoms with Gasteiger partial charge in [-0.05, 0) is 59.7 Å². The first-order valence-corrected chi connectivity index (χ1v) is 11.6. The number of carbonyl (C=O) groups is 1. The van der Waals surface area contributed by atoms with Crippen molar-refractivity contribution < 1.29 is 4.79 Å². The largest absolute Gasteiger partial charge is 0.366 e. The highest BCUT2D eigenvalue weighted by atomic mass is 35.5. The summed E-state index contributed by atoms with van der Waals surface area (Å²) < 4.78 is 2.10. The first kappa shape index (κ1) is 22.1. The summed E-state index contributed by atoms with van der Waals surface area (Å²) in [5.74, 6) is -0.487. The van der Waals surface area contributed by atoms with Crippen LogP contribution in [-0.4, -0.2) is 10.5 Å². The van der Waals surface area contributed by atoms with Gasteiger partial charge in [0.05, 0.1) is 11.0 Å². The van der Waals surface area contributed by atoms with E-state index in [0.717, 1.165) is 38.5 Å². The van der Waals surface area contributed by atoms with Gasteiger partial charge in [0, 0.05) is 48.5 Å². The van der Waals surface area contributed by atoms with E-state index in [0.29, 0.717) is 32.2 Å². The molecule has 1 amide bonds. The lowest BCUT2D eigenvalue weighted by Gasteiger charge is -2.12. The molecule has 1 aromatic heterocycles. The molecule has 0 spiro atoms. The van der Waals surface area contributed by atoms with Crippen LogP contribution in [0, 0.1) is 0 Å². The van der Waals surface area contributed by atoms with Crippen molar-refractivity contribution in [2.24, 2.45) is 5.73 Å². The summed E-state index contributed by atoms with van der Waals surface area (Å²) in [6, 6.07) is 22.2. The molecule has 0 saturated heterocycles. The fourth-order valence-electron chi connectivity index (χ4n) is 4.28. The third-order valence-electron chi connectivity index (χ3n) is 5.74. The van der Waals surface area contributed by atoms with Crippen molar-refractivity contribution in [3.05, 3.63) is 104 Å². The van der Waals surface area contributed by atoms with Crippen molar-refractivity contribution in [1.29, 1.82) is 0 Å². The Bertz CT molecular complexity index is 1550. The summed E-state index contributed by atoms with van der Waals surface area (Å²) in [6.45, 7) is 0.446. The minimum absolute atomic E-state index is 0.446. The third-order valence-corrected chi connectivity index (χ3v) is 6.98. The average molecular weight is 514 g/mol. The van der Waals surface area contributed by atoms with E-state index in [9.17, 15) is 4.79 Å². The Morgan fingerprint density at radius 2 is 1.52 bits per heavy atom. The monoisotopic (exact) mass is 512 g/mol. The molecule has 33 heavy (non-hydrogen) atoms. The lowest BCUT2D eigenvalue weighted by atomic mass is 10.0. The molecule has 5 aromatic rings. The molecular formula is C26H16Cl4N2O. The first-order chi connectivity index (χ1) is 15.8. The van der Waals surface area contributed by atoms with E-state index in [4.69, 9.17) is 52.1 Å². The van der Waals surface area contributed by atoms with Gasteiger partial charge in [-0.25, -0.2) is 0 Å². The fraction of sp³-hybridized carbons (Fsp3) is 0.0385. The van der Waals surface area contributed by atoms with Crippen LogP contribution in [0.2, 0.25) is 20.1 Å². The number of amides is 1. The Morgan fingerprint density at radius 3 is 2.24 bits per heavy atom. The van der Waals surface area contributed by atoms with E-state index in [-0.39, 0.29) is 0 Å². The Labute approximate surface area is 210 Å². The minimum Gasteiger partial charge on any atom is -0.366 e. The summed E-state index contributed by atoms with van der Waals surface area (Å²) in [7, 11) is 0. The molecule has 0 saturated carbocycles. The van der Waals surface area contributed by atoms with Gasteiger partial charge in [0.25, 0.3) is 0 Å². The van der Waals surface area contributed by atoms with Crippen LogP contribution in [0.25, 0.3) is 32.9 Å². The number of carbonyl (C=O) groups excluding carboxylic acids is 1. The maximum absolute atomic E-state index is 12.2. The summed E-state index contributed by atoms with van der Waals surface area (Å²) in [5, 5.41) is 3.99. The zero-order chi connectivity index (χ0) is 23.3. The van der Waals surface area contributed by atoms with Gasteiger partial charge in [-0.1, -0.05) is 70.7 Å². The van der Waals surface area contributed by atoms with Crippen molar-refractivity contribution in [3.8, 4) is 11.1 Å². The number of rotatable bonds is 4. The van der Waals surface area contributed by atoms with Gasteiger partial charge in [0.1, 0.15) is 0 Å². The van der Waals surface area contributed by atoms with E-state index in [1.165, 1.54) is 0 Å². The van der Waals surface area contributed by atoms with Crippen LogP contribution < -0.4 is 5.73 Å². The summed E-state index contributed by atoms with van der Waals surface area (Å²) in [4.78, 5) is 12.2. The van der Waals surface area contributed by atoms with Gasteiger partial charge in [-0.2, -0.15) is 0 Å². The molecule has 0 fully saturated rings. The number of fused-ring (bicyclic) bond motifs is 3. The Morgan fingerprint density at radius 1 is 0.788 bits per heavy atom. The topological polar surface area (TPSA) is 48.0 Å². The smallest absolute Gasteiger partial charge is 0.249 e. The van der Waals surface area contributed by atoms with Gasteiger partial charge in [0.2, 0.25) is 5.91 Å². The summed E-state index contributed by atoms with van der Waals surface area (Å²) in [6.07, 6.45) is 0. The molecule has 4 aromatic carbocycles. The highest BCUT2D eigenvalue weighted by Crippen LogP contribution is 2.39. The first-order valence-electron chi connectivity index (χ1n) is 10.1. The molecule has 164 valence electrons. The van der Waals surface area contributed by atoms with Crippen molar-refractivity contribution in [2.75, 3.05) is 0 Å². The number of aromatic nitrogens is 1. The van der Waals surface area contributed by atoms with Gasteiger partial charge in [-0.3, -0.25) is 4.79 Å². The molecule has 0 aliphatic heterocycles. The molecule has 0 aliphatic rings. The fourth-order valence-corrected chi connectivity index (χ4v) is 5.27. The zero-order valence-electron chi connectivity index (χ0n) is 17.1. The number of benzene rings is 4. The van der Waals surface area contributed by atoms with Crippen LogP contribution in [0.5, 0.6) is 0 Å². The van der Waals surface area contributed by atoms with Crippen LogP contribution in [0.1, 0.15) is 15.9 Å². The normalized spacial score (nSPS) is 11.4. The van der Waals surface area contributed by atoms with Crippen molar-refractivity contribution in [3.63, 3.8) is 0 Å². The second-order valence-corrected chi connectivity index (χ2v) is 9.37. The van der Waals surface area contributed by atoms with Crippen LogP contribution in [0.15, 0.2) is 72.8 Å². The average Bonchev–Trinajstić information content (AvgIpc) is 3.09. The molecule has 2 N–H and O–H groups in total. The number of hydrogen-bond donors (Lipinski definition) is 1. The van der Waals surface area contributed by atoms with Crippen LogP contribution in [0.4, 0.5) is 0 Å². The van der Waals surface area contributed by atoms with E-state index < -0.39 is 5.91 Å². The van der Waals surface area contributed by atoms with Crippen molar-refractivity contribution >= 4 is 74.1 Å². The van der Waals surface area contributed by atoms with E-state index >= 15 is 0 Å². The number of primary amides is 1. The Balaban J connectivity index is 1.85. The number of halogens is 4. The summed E-state index contributed by atoms with van der Waals surface area (Å²) in [5.41, 5.74) is 10.4. The molecule has 1 heterocycles. The predicted molar refractivity (Wildman–Crippen MR) is 139 cm³/mol. The molecular weight excluding hydrogens is 498 g/mol. The van der Waals surface area contributed by atoms with E-state index in [1.54, 1.807) is 30.3 Å². The SMILES string of the molecule is NC(=O)c1cccc2c1c1ccc(-c3c(Cl)cccc3Cl)cc1n2Cc1cc(Cl)ccc1Cl. The second-order valence-electron chi connectivity index (χ2n) is 7.71. The van der Waals surface area contributed by atoms with Gasteiger partial charge in [-0.15, -0.1) is 0 Å². The number of nitrogens with two attached hydrogens (primary N) is 1. The van der Waals surface area contributed by atoms with Gasteiger partial charge in [0.15, 0.2) is 0 Å². The van der Waals surface area contributed by atoms with Crippen LogP contribution in [-0.2, 0) is 6.54 Å². The molecule has 0 radical (unpaired) electrons. The molecule has 0 aliphatic carbocycles. The second kappa shape index (κ2) is 8.58. The van der Waals surface area contributed by atoms with Crippen molar-refractivity contribution in [2.45, 2.75) is 6.54 Å². The Kier molecular flexibility index (Phi) is 5.75. The molecule has 7 heteroatoms. The predicted octanol–water partition coefficient (Wildman–Crippen LogP) is 8.22. The number of hydrogen-bond acceptors (Lipinski definition) is 1. The molecule has 5 rings (SSSR count). The van der Waals surface area contributed by atoms with E-state index in [2.05, 4.69) is 4.57 Å². The highest BCUT2D eigenvalue weighted by molar-refractivity contribution is 6.39. The molecule has 3 nitrogen and oxygen atoms in total. The lowest BCUT2D eigenvalue weighted by molar-refractivity contribution is 0.100. The zero-order valence-corrected chi connectivity index (χ0v) is 20.1. The minimum atomic E-state index is -0.487. The molecule has 0 atom stereocenters. The van der Waals surface area contributed by atoms with E-state index in [1.807, 2.05) is 42.5 Å². The van der Waals surface area contributed by atoms with Crippen LogP contribution in [0.3, 0.4) is 0 Å². The maximum atomic E-state index is 12.2. The molecule has 0 unspecified atom stereocenters. The standard InChI is InChI=1S/C26H16Cl4N2O/c27-16-8-10-19(28)15(11-16)13-32-22-6-1-3-18(26(31)33)25(22)17-9-7-14(12-23(17)32)24-20(29)4-2-5-21(24)30/h1-12H,13H2,(H2,31,33). The maximum Gasteiger partial charge on any atom is 0.249 e. The molecule has 0 bridgehead atoms. The van der Waals surface area contributed by atoms with Gasteiger partial charge < -0.3 is 10.3 Å². The van der Waals surface area contributed by atoms with Gasteiger partial charge >= 0.3 is 0 Å². The van der Waals surface area contributed by atoms with Crippen molar-refractivity contribution in [1.82, 2.24) is 4.57 Å². The lowest BCUT2D eigenvalue weighted by Crippen LogP contribution is -2.11. The highest BCUT2D eigenvalue weighted by Gasteiger charge is 2.19. The summed E-state index contributed by atoms with van der Waals surface area (Å²) >= 11 is 25.7. The number of nitrogens with zero attached hydrogens (tertiary/aromatic N) is 1. The Hall–Kier alpha value is -2.69. The third kappa shape index (κ3) is 3.85. The van der Waals surface area contributed by atoms with Crippen LogP contribution >= 0.6 is 46.4 Å². The quantitative estimate of drug-likeness (QED) is 0.258.